The maximum absolute atomic E-state index is 9.67. The first-order valence-electron chi connectivity index (χ1n) is 1.81. The molecule has 0 aromatic heterocycles. The van der Waals surface area contributed by atoms with Crippen LogP contribution in [0.5, 0.6) is 0 Å². The Labute approximate surface area is 35.9 Å². The van der Waals surface area contributed by atoms with Crippen LogP contribution in [0.25, 0.3) is 0 Å². The molecule has 32 valence electrons. The highest BCUT2D eigenvalue weighted by Gasteiger charge is 2.03. The molecule has 1 heterocycles. The number of rotatable bonds is 1. The summed E-state index contributed by atoms with van der Waals surface area (Å²) in [7, 11) is 0. The van der Waals surface area contributed by atoms with E-state index in [-0.39, 0.29) is 6.04 Å². The van der Waals surface area contributed by atoms with Crippen molar-refractivity contribution in [3.05, 3.63) is 12.3 Å². The van der Waals surface area contributed by atoms with E-state index in [0.29, 0.717) is 0 Å². The molecule has 0 saturated heterocycles. The van der Waals surface area contributed by atoms with E-state index in [1.54, 1.807) is 12.3 Å². The van der Waals surface area contributed by atoms with Crippen LogP contribution in [0.15, 0.2) is 12.3 Å². The van der Waals surface area contributed by atoms with Gasteiger partial charge in [0.15, 0.2) is 0 Å². The fourth-order valence-corrected chi connectivity index (χ4v) is 0.292. The van der Waals surface area contributed by atoms with Gasteiger partial charge in [0, 0.05) is 0 Å². The van der Waals surface area contributed by atoms with Gasteiger partial charge < -0.3 is 10.1 Å². The Balaban J connectivity index is 2.39. The van der Waals surface area contributed by atoms with Crippen LogP contribution in [0.2, 0.25) is 0 Å². The summed E-state index contributed by atoms with van der Waals surface area (Å²) in [5, 5.41) is 2.75. The zero-order valence-electron chi connectivity index (χ0n) is 3.22. The van der Waals surface area contributed by atoms with E-state index in [9.17, 15) is 4.79 Å². The molecule has 0 aromatic carbocycles. The molecular formula is C4H5NO. The van der Waals surface area contributed by atoms with Gasteiger partial charge in [0.25, 0.3) is 0 Å². The van der Waals surface area contributed by atoms with Crippen molar-refractivity contribution < 1.29 is 4.79 Å². The first-order valence-corrected chi connectivity index (χ1v) is 1.81. The number of carbonyl (C=O) groups is 1. The zero-order chi connectivity index (χ0) is 4.41. The smallest absolute Gasteiger partial charge is 0.146 e. The van der Waals surface area contributed by atoms with E-state index in [0.717, 1.165) is 6.29 Å². The minimum atomic E-state index is 0.00463. The molecule has 0 amide bonds. The topological polar surface area (TPSA) is 29.1 Å². The van der Waals surface area contributed by atoms with E-state index in [4.69, 9.17) is 0 Å². The second-order valence-corrected chi connectivity index (χ2v) is 1.19. The van der Waals surface area contributed by atoms with Crippen molar-refractivity contribution >= 4 is 6.29 Å². The molecule has 0 aromatic rings. The first-order chi connectivity index (χ1) is 2.93. The minimum absolute atomic E-state index is 0.00463. The van der Waals surface area contributed by atoms with Crippen LogP contribution in [0.1, 0.15) is 0 Å². The minimum Gasteiger partial charge on any atom is -0.378 e. The summed E-state index contributed by atoms with van der Waals surface area (Å²) < 4.78 is 0. The molecule has 0 radical (unpaired) electrons. The third kappa shape index (κ3) is 0.302. The Morgan fingerprint density at radius 3 is 2.50 bits per heavy atom. The lowest BCUT2D eigenvalue weighted by Crippen LogP contribution is -2.31. The molecule has 1 aliphatic heterocycles. The van der Waals surface area contributed by atoms with Gasteiger partial charge in [-0.1, -0.05) is 0 Å². The fraction of sp³-hybridized carbons (Fsp3) is 0.250. The van der Waals surface area contributed by atoms with E-state index in [1.807, 2.05) is 0 Å². The van der Waals surface area contributed by atoms with Crippen molar-refractivity contribution in [2.24, 2.45) is 0 Å². The molecule has 0 spiro atoms. The molecule has 0 aliphatic carbocycles. The summed E-state index contributed by atoms with van der Waals surface area (Å²) in [4.78, 5) is 9.67. The largest absolute Gasteiger partial charge is 0.378 e. The highest BCUT2D eigenvalue weighted by molar-refractivity contribution is 5.63. The lowest BCUT2D eigenvalue weighted by molar-refractivity contribution is -0.108. The lowest BCUT2D eigenvalue weighted by atomic mass is 10.2. The normalized spacial score (nSPS) is 27.7. The standard InChI is InChI=1S/C4H5NO/c6-3-4-1-2-5-4/h1-5H. The molecule has 0 saturated carbocycles. The quantitative estimate of drug-likeness (QED) is 0.440. The molecule has 1 unspecified atom stereocenters. The van der Waals surface area contributed by atoms with Gasteiger partial charge in [0.2, 0.25) is 0 Å². The van der Waals surface area contributed by atoms with Crippen molar-refractivity contribution in [2.45, 2.75) is 6.04 Å². The van der Waals surface area contributed by atoms with Crippen molar-refractivity contribution in [1.82, 2.24) is 5.32 Å². The van der Waals surface area contributed by atoms with Gasteiger partial charge in [0.1, 0.15) is 12.3 Å². The molecule has 1 N–H and O–H groups in total. The SMILES string of the molecule is O=CC1C=CN1. The van der Waals surface area contributed by atoms with Gasteiger partial charge in [0.05, 0.1) is 0 Å². The van der Waals surface area contributed by atoms with Gasteiger partial charge in [-0.3, -0.25) is 0 Å². The number of hydrogen-bond acceptors (Lipinski definition) is 2. The molecule has 0 fully saturated rings. The molecule has 1 aliphatic rings. The maximum Gasteiger partial charge on any atom is 0.146 e. The van der Waals surface area contributed by atoms with Crippen LogP contribution in [-0.2, 0) is 4.79 Å². The Morgan fingerprint density at radius 2 is 2.50 bits per heavy atom. The monoisotopic (exact) mass is 83.0 g/mol. The Kier molecular flexibility index (Phi) is 0.638. The molecule has 1 rings (SSSR count). The van der Waals surface area contributed by atoms with Crippen LogP contribution in [0.4, 0.5) is 0 Å². The van der Waals surface area contributed by atoms with Gasteiger partial charge in [-0.2, -0.15) is 0 Å². The Morgan fingerprint density at radius 1 is 1.83 bits per heavy atom. The molecule has 2 nitrogen and oxygen atoms in total. The first kappa shape index (κ1) is 3.40. The van der Waals surface area contributed by atoms with Crippen LogP contribution >= 0.6 is 0 Å². The zero-order valence-corrected chi connectivity index (χ0v) is 3.22. The lowest BCUT2D eigenvalue weighted by Gasteiger charge is -2.11. The number of nitrogens with one attached hydrogen (secondary N) is 1. The van der Waals surface area contributed by atoms with Crippen LogP contribution in [0, 0.1) is 0 Å². The third-order valence-corrected chi connectivity index (χ3v) is 0.739. The second kappa shape index (κ2) is 1.12. The summed E-state index contributed by atoms with van der Waals surface area (Å²) in [6.07, 6.45) is 4.41. The van der Waals surface area contributed by atoms with E-state index in [2.05, 4.69) is 5.32 Å². The van der Waals surface area contributed by atoms with Gasteiger partial charge in [-0.15, -0.1) is 0 Å². The summed E-state index contributed by atoms with van der Waals surface area (Å²) in [6, 6.07) is 0.00463. The van der Waals surface area contributed by atoms with Crippen molar-refractivity contribution in [3.63, 3.8) is 0 Å². The summed E-state index contributed by atoms with van der Waals surface area (Å²) in [6.45, 7) is 0. The van der Waals surface area contributed by atoms with Crippen molar-refractivity contribution in [1.29, 1.82) is 0 Å². The Bertz CT molecular complexity index is 87.5. The van der Waals surface area contributed by atoms with Gasteiger partial charge in [-0.05, 0) is 12.3 Å². The van der Waals surface area contributed by atoms with Crippen LogP contribution < -0.4 is 5.32 Å². The number of carbonyl (C=O) groups excluding carboxylic acids is 1. The summed E-state index contributed by atoms with van der Waals surface area (Å²) in [5.41, 5.74) is 0. The van der Waals surface area contributed by atoms with Crippen LogP contribution in [-0.4, -0.2) is 12.3 Å². The average molecular weight is 83.1 g/mol. The molecule has 1 atom stereocenters. The summed E-state index contributed by atoms with van der Waals surface area (Å²) >= 11 is 0. The van der Waals surface area contributed by atoms with Gasteiger partial charge >= 0.3 is 0 Å². The molecule has 6 heavy (non-hydrogen) atoms. The van der Waals surface area contributed by atoms with E-state index < -0.39 is 0 Å². The number of aldehydes is 1. The molecule has 0 bridgehead atoms. The Hall–Kier alpha value is -0.790. The van der Waals surface area contributed by atoms with Crippen LogP contribution in [0.3, 0.4) is 0 Å². The van der Waals surface area contributed by atoms with Crippen molar-refractivity contribution in [3.8, 4) is 0 Å². The number of hydrogen-bond donors (Lipinski definition) is 1. The second-order valence-electron chi connectivity index (χ2n) is 1.19. The van der Waals surface area contributed by atoms with Gasteiger partial charge in [-0.25, -0.2) is 0 Å². The van der Waals surface area contributed by atoms with E-state index >= 15 is 0 Å². The highest BCUT2D eigenvalue weighted by atomic mass is 16.1. The van der Waals surface area contributed by atoms with Crippen molar-refractivity contribution in [2.75, 3.05) is 0 Å². The average Bonchev–Trinajstić information content (AvgIpc) is 1.31. The predicted molar refractivity (Wildman–Crippen MR) is 22.1 cm³/mol. The summed E-state index contributed by atoms with van der Waals surface area (Å²) in [5.74, 6) is 0. The molecular weight excluding hydrogens is 78.0 g/mol. The van der Waals surface area contributed by atoms with E-state index in [1.165, 1.54) is 0 Å². The predicted octanol–water partition coefficient (Wildman–Crippen LogP) is -0.329. The highest BCUT2D eigenvalue weighted by Crippen LogP contribution is 1.88. The fourth-order valence-electron chi connectivity index (χ4n) is 0.292. The maximum atomic E-state index is 9.67. The molecule has 2 heteroatoms. The third-order valence-electron chi connectivity index (χ3n) is 0.739.